The van der Waals surface area contributed by atoms with E-state index in [4.69, 9.17) is 37.4 Å². The van der Waals surface area contributed by atoms with E-state index in [-0.39, 0.29) is 56.7 Å². The Balaban J connectivity index is 1.59. The maximum Gasteiger partial charge on any atom is 0.363 e. The molecule has 11 nitrogen and oxygen atoms in total. The van der Waals surface area contributed by atoms with Crippen LogP contribution < -0.4 is 9.47 Å². The molecule has 0 aromatic heterocycles. The van der Waals surface area contributed by atoms with Gasteiger partial charge in [0.15, 0.2) is 17.2 Å². The van der Waals surface area contributed by atoms with E-state index < -0.39 is 15.8 Å². The minimum Gasteiger partial charge on any atom is -0.493 e. The van der Waals surface area contributed by atoms with E-state index >= 15 is 0 Å². The fourth-order valence-corrected chi connectivity index (χ4v) is 3.81. The summed E-state index contributed by atoms with van der Waals surface area (Å²) in [5.41, 5.74) is 0.690. The van der Waals surface area contributed by atoms with Crippen molar-refractivity contribution in [1.29, 1.82) is 0 Å². The van der Waals surface area contributed by atoms with E-state index in [1.807, 2.05) is 0 Å². The van der Waals surface area contributed by atoms with Crippen molar-refractivity contribution in [3.63, 3.8) is 0 Å². The van der Waals surface area contributed by atoms with Crippen molar-refractivity contribution >= 4 is 52.5 Å². The third kappa shape index (κ3) is 5.68. The topological polar surface area (TPSA) is 143 Å². The molecular formula is C24H15Cl2N3O8. The molecule has 188 valence electrons. The van der Waals surface area contributed by atoms with Crippen LogP contribution in [0.5, 0.6) is 11.5 Å². The number of rotatable bonds is 8. The zero-order valence-electron chi connectivity index (χ0n) is 18.8. The van der Waals surface area contributed by atoms with E-state index in [0.29, 0.717) is 11.1 Å². The molecule has 0 amide bonds. The average Bonchev–Trinajstić information content (AvgIpc) is 3.23. The largest absolute Gasteiger partial charge is 0.493 e. The van der Waals surface area contributed by atoms with Gasteiger partial charge >= 0.3 is 5.97 Å². The molecule has 1 aliphatic rings. The first-order valence-electron chi connectivity index (χ1n) is 10.4. The summed E-state index contributed by atoms with van der Waals surface area (Å²) in [6.45, 7) is -0.00853. The van der Waals surface area contributed by atoms with Crippen LogP contribution in [0.15, 0.2) is 65.3 Å². The zero-order valence-corrected chi connectivity index (χ0v) is 20.4. The van der Waals surface area contributed by atoms with Crippen LogP contribution in [-0.2, 0) is 16.1 Å². The summed E-state index contributed by atoms with van der Waals surface area (Å²) in [7, 11) is 1.40. The van der Waals surface area contributed by atoms with Gasteiger partial charge in [-0.3, -0.25) is 20.2 Å². The third-order valence-electron chi connectivity index (χ3n) is 5.07. The highest BCUT2D eigenvalue weighted by molar-refractivity contribution is 6.33. The first-order chi connectivity index (χ1) is 17.7. The number of carbonyl (C=O) groups is 1. The minimum absolute atomic E-state index is 0.00853. The van der Waals surface area contributed by atoms with Crippen molar-refractivity contribution < 1.29 is 28.9 Å². The SMILES string of the molecule is COc1cc(/C=C2\N=C(c3ccc(Cl)c([N+](=O)[O-])c3)OC2=O)cc(Cl)c1OCc1cccc([N+](=O)[O-])c1. The Morgan fingerprint density at radius 3 is 2.51 bits per heavy atom. The van der Waals surface area contributed by atoms with Crippen LogP contribution in [0.3, 0.4) is 0 Å². The summed E-state index contributed by atoms with van der Waals surface area (Å²) in [5.74, 6) is -0.446. The predicted molar refractivity (Wildman–Crippen MR) is 134 cm³/mol. The number of carbonyl (C=O) groups excluding carboxylic acids is 1. The Labute approximate surface area is 218 Å². The quantitative estimate of drug-likeness (QED) is 0.151. The van der Waals surface area contributed by atoms with Gasteiger partial charge in [0.2, 0.25) is 5.90 Å². The molecule has 0 saturated carbocycles. The van der Waals surface area contributed by atoms with Gasteiger partial charge in [-0.2, -0.15) is 0 Å². The molecule has 0 bridgehead atoms. The van der Waals surface area contributed by atoms with Crippen molar-refractivity contribution in [1.82, 2.24) is 0 Å². The fourth-order valence-electron chi connectivity index (χ4n) is 3.35. The molecule has 4 rings (SSSR count). The molecule has 0 fully saturated rings. The van der Waals surface area contributed by atoms with Crippen LogP contribution in [0.2, 0.25) is 10.0 Å². The van der Waals surface area contributed by atoms with Crippen LogP contribution >= 0.6 is 23.2 Å². The number of methoxy groups -OCH3 is 1. The number of nitrogens with zero attached hydrogens (tertiary/aromatic N) is 3. The summed E-state index contributed by atoms with van der Waals surface area (Å²) in [6.07, 6.45) is 1.40. The number of nitro benzene ring substituents is 2. The van der Waals surface area contributed by atoms with Gasteiger partial charge in [0.25, 0.3) is 11.4 Å². The second-order valence-electron chi connectivity index (χ2n) is 7.51. The molecule has 3 aromatic carbocycles. The second-order valence-corrected chi connectivity index (χ2v) is 8.32. The normalized spacial score (nSPS) is 13.8. The molecule has 0 saturated heterocycles. The first kappa shape index (κ1) is 25.6. The number of hydrogen-bond donors (Lipinski definition) is 0. The molecule has 13 heteroatoms. The Morgan fingerprint density at radius 2 is 1.81 bits per heavy atom. The van der Waals surface area contributed by atoms with Gasteiger partial charge < -0.3 is 14.2 Å². The molecule has 0 unspecified atom stereocenters. The summed E-state index contributed by atoms with van der Waals surface area (Å²) < 4.78 is 16.3. The third-order valence-corrected chi connectivity index (χ3v) is 5.67. The van der Waals surface area contributed by atoms with Crippen molar-refractivity contribution in [2.45, 2.75) is 6.61 Å². The number of hydrogen-bond acceptors (Lipinski definition) is 9. The summed E-state index contributed by atoms with van der Waals surface area (Å²) in [5, 5.41) is 22.2. The minimum atomic E-state index is -0.770. The maximum absolute atomic E-state index is 12.4. The van der Waals surface area contributed by atoms with Crippen molar-refractivity contribution in [3.8, 4) is 11.5 Å². The van der Waals surface area contributed by atoms with E-state index in [1.165, 1.54) is 43.5 Å². The fraction of sp³-hybridized carbons (Fsp3) is 0.0833. The van der Waals surface area contributed by atoms with Crippen LogP contribution in [0.1, 0.15) is 16.7 Å². The number of benzene rings is 3. The molecule has 1 heterocycles. The number of esters is 1. The number of ether oxygens (including phenoxy) is 3. The van der Waals surface area contributed by atoms with Crippen LogP contribution in [-0.4, -0.2) is 28.8 Å². The Morgan fingerprint density at radius 1 is 1.03 bits per heavy atom. The van der Waals surface area contributed by atoms with E-state index in [2.05, 4.69) is 4.99 Å². The van der Waals surface area contributed by atoms with Gasteiger partial charge in [-0.25, -0.2) is 9.79 Å². The first-order valence-corrected chi connectivity index (χ1v) is 11.1. The lowest BCUT2D eigenvalue weighted by molar-refractivity contribution is -0.385. The Hall–Kier alpha value is -4.48. The average molecular weight is 544 g/mol. The molecule has 37 heavy (non-hydrogen) atoms. The highest BCUT2D eigenvalue weighted by atomic mass is 35.5. The number of halogens is 2. The van der Waals surface area contributed by atoms with Crippen molar-refractivity contribution in [2.24, 2.45) is 4.99 Å². The van der Waals surface area contributed by atoms with Crippen molar-refractivity contribution in [2.75, 3.05) is 7.11 Å². The van der Waals surface area contributed by atoms with Gasteiger partial charge in [0.1, 0.15) is 11.6 Å². The molecular weight excluding hydrogens is 529 g/mol. The second kappa shape index (κ2) is 10.6. The molecule has 0 atom stereocenters. The van der Waals surface area contributed by atoms with E-state index in [1.54, 1.807) is 18.2 Å². The summed E-state index contributed by atoms with van der Waals surface area (Å²) in [6, 6.07) is 12.9. The Kier molecular flexibility index (Phi) is 7.37. The van der Waals surface area contributed by atoms with Gasteiger partial charge in [-0.15, -0.1) is 0 Å². The van der Waals surface area contributed by atoms with Gasteiger partial charge in [0, 0.05) is 23.8 Å². The number of cyclic esters (lactones) is 1. The van der Waals surface area contributed by atoms with Crippen LogP contribution in [0.25, 0.3) is 6.08 Å². The molecule has 3 aromatic rings. The molecule has 0 spiro atoms. The lowest BCUT2D eigenvalue weighted by Crippen LogP contribution is -2.06. The molecule has 0 aliphatic carbocycles. The van der Waals surface area contributed by atoms with E-state index in [0.717, 1.165) is 6.07 Å². The Bertz CT molecular complexity index is 1500. The van der Waals surface area contributed by atoms with E-state index in [9.17, 15) is 25.0 Å². The molecule has 0 radical (unpaired) electrons. The zero-order chi connectivity index (χ0) is 26.7. The van der Waals surface area contributed by atoms with Crippen LogP contribution in [0, 0.1) is 20.2 Å². The van der Waals surface area contributed by atoms with Crippen molar-refractivity contribution in [3.05, 3.63) is 107 Å². The lowest BCUT2D eigenvalue weighted by atomic mass is 10.1. The number of aliphatic imine (C=N–C) groups is 1. The van der Waals surface area contributed by atoms with Crippen LogP contribution in [0.4, 0.5) is 11.4 Å². The summed E-state index contributed by atoms with van der Waals surface area (Å²) in [4.78, 5) is 37.5. The van der Waals surface area contributed by atoms with Gasteiger partial charge in [0.05, 0.1) is 22.0 Å². The smallest absolute Gasteiger partial charge is 0.363 e. The number of nitro groups is 2. The highest BCUT2D eigenvalue weighted by Gasteiger charge is 2.26. The van der Waals surface area contributed by atoms with Gasteiger partial charge in [-0.05, 0) is 41.5 Å². The maximum atomic E-state index is 12.4. The monoisotopic (exact) mass is 543 g/mol. The predicted octanol–water partition coefficient (Wildman–Crippen LogP) is 5.74. The lowest BCUT2D eigenvalue weighted by Gasteiger charge is -2.13. The molecule has 0 N–H and O–H groups in total. The standard InChI is InChI=1S/C24H15Cl2N3O8/c1-35-21-10-14(8-18(26)22(21)36-12-13-3-2-4-16(7-13)28(31)32)9-19-24(30)37-23(27-19)15-5-6-17(25)20(11-15)29(33)34/h2-11H,12H2,1H3/b19-9-. The summed E-state index contributed by atoms with van der Waals surface area (Å²) >= 11 is 12.2. The molecule has 1 aliphatic heterocycles. The van der Waals surface area contributed by atoms with Gasteiger partial charge in [-0.1, -0.05) is 35.3 Å². The number of non-ortho nitro benzene ring substituents is 1. The highest BCUT2D eigenvalue weighted by Crippen LogP contribution is 2.38.